The van der Waals surface area contributed by atoms with Crippen molar-refractivity contribution < 1.29 is 32.2 Å². The first-order chi connectivity index (χ1) is 13.7. The highest BCUT2D eigenvalue weighted by atomic mass is 19.4. The third-order valence-electron chi connectivity index (χ3n) is 4.35. The number of ether oxygens (including phenoxy) is 2. The molecule has 29 heavy (non-hydrogen) atoms. The number of alkyl halides is 3. The van der Waals surface area contributed by atoms with Crippen molar-refractivity contribution in [3.8, 4) is 11.5 Å². The van der Waals surface area contributed by atoms with Crippen molar-refractivity contribution in [1.82, 2.24) is 5.32 Å². The fourth-order valence-corrected chi connectivity index (χ4v) is 2.86. The number of hydrogen-bond acceptors (Lipinski definition) is 4. The minimum atomic E-state index is -5.07. The summed E-state index contributed by atoms with van der Waals surface area (Å²) in [5.74, 6) is -1.75. The van der Waals surface area contributed by atoms with E-state index in [0.29, 0.717) is 11.5 Å². The van der Waals surface area contributed by atoms with E-state index in [9.17, 15) is 22.8 Å². The van der Waals surface area contributed by atoms with E-state index in [4.69, 9.17) is 9.47 Å². The zero-order valence-corrected chi connectivity index (χ0v) is 16.3. The van der Waals surface area contributed by atoms with Gasteiger partial charge in [-0.2, -0.15) is 13.2 Å². The third-order valence-corrected chi connectivity index (χ3v) is 4.35. The van der Waals surface area contributed by atoms with Crippen molar-refractivity contribution in [3.05, 3.63) is 59.2 Å². The van der Waals surface area contributed by atoms with Crippen molar-refractivity contribution >= 4 is 11.7 Å². The molecule has 2 aromatic rings. The molecule has 2 rings (SSSR count). The number of aryl methyl sites for hydroxylation is 2. The van der Waals surface area contributed by atoms with Crippen LogP contribution in [0.25, 0.3) is 0 Å². The van der Waals surface area contributed by atoms with E-state index >= 15 is 0 Å². The van der Waals surface area contributed by atoms with Crippen molar-refractivity contribution in [1.29, 1.82) is 0 Å². The van der Waals surface area contributed by atoms with E-state index < -0.39 is 23.9 Å². The molecule has 0 aliphatic carbocycles. The van der Waals surface area contributed by atoms with Gasteiger partial charge in [-0.15, -0.1) is 0 Å². The SMILES string of the molecule is COc1ccc(CC[C@@H](NC(=O)C(F)(F)F)C(=O)c2cccc(C)c2)cc1OC. The number of benzene rings is 2. The molecule has 1 N–H and O–H groups in total. The average Bonchev–Trinajstić information content (AvgIpc) is 2.69. The fourth-order valence-electron chi connectivity index (χ4n) is 2.86. The van der Waals surface area contributed by atoms with Gasteiger partial charge in [-0.1, -0.05) is 29.8 Å². The number of carbonyl (C=O) groups excluding carboxylic acids is 2. The van der Waals surface area contributed by atoms with Gasteiger partial charge in [-0.05, 0) is 43.5 Å². The number of amides is 1. The Balaban J connectivity index is 2.23. The van der Waals surface area contributed by atoms with Crippen LogP contribution in [0, 0.1) is 6.92 Å². The molecule has 2 aromatic carbocycles. The summed E-state index contributed by atoms with van der Waals surface area (Å²) < 4.78 is 48.6. The van der Waals surface area contributed by atoms with Gasteiger partial charge in [0.05, 0.1) is 20.3 Å². The van der Waals surface area contributed by atoms with E-state index in [1.807, 2.05) is 5.32 Å². The van der Waals surface area contributed by atoms with E-state index in [1.165, 1.54) is 20.3 Å². The second-order valence-electron chi connectivity index (χ2n) is 6.49. The molecule has 0 aliphatic rings. The quantitative estimate of drug-likeness (QED) is 0.673. The van der Waals surface area contributed by atoms with Gasteiger partial charge >= 0.3 is 12.1 Å². The van der Waals surface area contributed by atoms with E-state index in [1.54, 1.807) is 43.3 Å². The zero-order valence-electron chi connectivity index (χ0n) is 16.3. The van der Waals surface area contributed by atoms with Crippen LogP contribution in [0.4, 0.5) is 13.2 Å². The first-order valence-corrected chi connectivity index (χ1v) is 8.85. The van der Waals surface area contributed by atoms with Crippen molar-refractivity contribution in [2.75, 3.05) is 14.2 Å². The number of ketones is 1. The second-order valence-corrected chi connectivity index (χ2v) is 6.49. The highest BCUT2D eigenvalue weighted by Gasteiger charge is 2.40. The number of carbonyl (C=O) groups is 2. The summed E-state index contributed by atoms with van der Waals surface area (Å²) in [6, 6.07) is 10.2. The minimum Gasteiger partial charge on any atom is -0.493 e. The standard InChI is InChI=1S/C21H22F3NO4/c1-13-5-4-6-15(11-13)19(26)16(25-20(27)21(22,23)24)9-7-14-8-10-17(28-2)18(12-14)29-3/h4-6,8,10-12,16H,7,9H2,1-3H3,(H,25,27)/t16-/m1/s1. The topological polar surface area (TPSA) is 64.6 Å². The first-order valence-electron chi connectivity index (χ1n) is 8.85. The van der Waals surface area contributed by atoms with Crippen LogP contribution in [0.2, 0.25) is 0 Å². The van der Waals surface area contributed by atoms with Gasteiger partial charge in [0.15, 0.2) is 17.3 Å². The number of rotatable bonds is 8. The van der Waals surface area contributed by atoms with Crippen LogP contribution in [0.5, 0.6) is 11.5 Å². The van der Waals surface area contributed by atoms with Gasteiger partial charge in [-0.3, -0.25) is 9.59 Å². The second kappa shape index (κ2) is 9.45. The highest BCUT2D eigenvalue weighted by Crippen LogP contribution is 2.28. The van der Waals surface area contributed by atoms with Gasteiger partial charge in [0.2, 0.25) is 0 Å². The Morgan fingerprint density at radius 3 is 2.31 bits per heavy atom. The van der Waals surface area contributed by atoms with Crippen LogP contribution in [0.3, 0.4) is 0 Å². The van der Waals surface area contributed by atoms with Gasteiger partial charge in [-0.25, -0.2) is 0 Å². The van der Waals surface area contributed by atoms with Crippen LogP contribution in [-0.2, 0) is 11.2 Å². The van der Waals surface area contributed by atoms with Crippen LogP contribution in [-0.4, -0.2) is 38.1 Å². The molecule has 0 heterocycles. The molecule has 0 saturated heterocycles. The van der Waals surface area contributed by atoms with Crippen molar-refractivity contribution in [2.24, 2.45) is 0 Å². The minimum absolute atomic E-state index is 0.00984. The molecular weight excluding hydrogens is 387 g/mol. The zero-order chi connectivity index (χ0) is 21.6. The summed E-state index contributed by atoms with van der Waals surface area (Å²) in [6.07, 6.45) is -4.83. The number of Topliss-reactive ketones (excluding diaryl/α,β-unsaturated/α-hetero) is 1. The average molecular weight is 409 g/mol. The highest BCUT2D eigenvalue weighted by molar-refractivity contribution is 6.02. The molecule has 0 fully saturated rings. The summed E-state index contributed by atoms with van der Waals surface area (Å²) in [7, 11) is 2.95. The molecule has 0 radical (unpaired) electrons. The van der Waals surface area contributed by atoms with Crippen LogP contribution in [0.15, 0.2) is 42.5 Å². The lowest BCUT2D eigenvalue weighted by atomic mass is 9.96. The maximum Gasteiger partial charge on any atom is 0.471 e. The molecule has 1 atom stereocenters. The van der Waals surface area contributed by atoms with E-state index in [0.717, 1.165) is 11.1 Å². The lowest BCUT2D eigenvalue weighted by Crippen LogP contribution is -2.47. The molecule has 0 unspecified atom stereocenters. The summed E-state index contributed by atoms with van der Waals surface area (Å²) in [6.45, 7) is 1.77. The molecule has 5 nitrogen and oxygen atoms in total. The molecule has 0 bridgehead atoms. The normalized spacial score (nSPS) is 12.2. The van der Waals surface area contributed by atoms with Crippen LogP contribution < -0.4 is 14.8 Å². The molecule has 1 amide bonds. The molecular formula is C21H22F3NO4. The summed E-state index contributed by atoms with van der Waals surface area (Å²) in [4.78, 5) is 24.2. The summed E-state index contributed by atoms with van der Waals surface area (Å²) >= 11 is 0. The molecule has 0 spiro atoms. The number of hydrogen-bond donors (Lipinski definition) is 1. The van der Waals surface area contributed by atoms with E-state index in [-0.39, 0.29) is 18.4 Å². The largest absolute Gasteiger partial charge is 0.493 e. The third kappa shape index (κ3) is 5.97. The van der Waals surface area contributed by atoms with Gasteiger partial charge < -0.3 is 14.8 Å². The van der Waals surface area contributed by atoms with Gasteiger partial charge in [0.25, 0.3) is 0 Å². The molecule has 0 aliphatic heterocycles. The lowest BCUT2D eigenvalue weighted by molar-refractivity contribution is -0.174. The lowest BCUT2D eigenvalue weighted by Gasteiger charge is -2.19. The maximum atomic E-state index is 12.8. The van der Waals surface area contributed by atoms with E-state index in [2.05, 4.69) is 0 Å². The monoisotopic (exact) mass is 409 g/mol. The van der Waals surface area contributed by atoms with Crippen LogP contribution >= 0.6 is 0 Å². The number of methoxy groups -OCH3 is 2. The fraction of sp³-hybridized carbons (Fsp3) is 0.333. The van der Waals surface area contributed by atoms with Gasteiger partial charge in [0, 0.05) is 5.56 Å². The number of halogens is 3. The molecule has 156 valence electrons. The smallest absolute Gasteiger partial charge is 0.471 e. The molecule has 8 heteroatoms. The Kier molecular flexibility index (Phi) is 7.25. The Labute approximate surface area is 166 Å². The summed E-state index contributed by atoms with van der Waals surface area (Å²) in [5, 5.41) is 1.83. The van der Waals surface area contributed by atoms with Crippen molar-refractivity contribution in [2.45, 2.75) is 32.0 Å². The van der Waals surface area contributed by atoms with Crippen molar-refractivity contribution in [3.63, 3.8) is 0 Å². The molecule has 0 aromatic heterocycles. The predicted molar refractivity (Wildman–Crippen MR) is 101 cm³/mol. The predicted octanol–water partition coefficient (Wildman–Crippen LogP) is 3.87. The molecule has 0 saturated carbocycles. The Morgan fingerprint density at radius 1 is 1.03 bits per heavy atom. The Bertz CT molecular complexity index is 880. The van der Waals surface area contributed by atoms with Gasteiger partial charge in [0.1, 0.15) is 0 Å². The first kappa shape index (κ1) is 22.3. The summed E-state index contributed by atoms with van der Waals surface area (Å²) in [5.41, 5.74) is 1.76. The Morgan fingerprint density at radius 2 is 1.72 bits per heavy atom. The maximum absolute atomic E-state index is 12.8. The Hall–Kier alpha value is -3.03. The number of nitrogens with one attached hydrogen (secondary N) is 1. The van der Waals surface area contributed by atoms with Crippen LogP contribution in [0.1, 0.15) is 27.9 Å².